The van der Waals surface area contributed by atoms with Crippen molar-refractivity contribution in [3.05, 3.63) is 35.5 Å². The molecule has 0 bridgehead atoms. The molecule has 0 aromatic heterocycles. The van der Waals surface area contributed by atoms with Gasteiger partial charge in [-0.1, -0.05) is 43.7 Å². The van der Waals surface area contributed by atoms with Gasteiger partial charge in [0.15, 0.2) is 5.78 Å². The van der Waals surface area contributed by atoms with Gasteiger partial charge in [-0.3, -0.25) is 9.59 Å². The molecule has 0 saturated heterocycles. The lowest BCUT2D eigenvalue weighted by molar-refractivity contribution is -0.123. The molecule has 130 valence electrons. The van der Waals surface area contributed by atoms with Crippen molar-refractivity contribution in [1.82, 2.24) is 0 Å². The molecule has 0 aliphatic heterocycles. The van der Waals surface area contributed by atoms with Crippen LogP contribution in [0.25, 0.3) is 0 Å². The molecule has 0 spiro atoms. The minimum absolute atomic E-state index is 0.0655. The molecule has 0 fully saturated rings. The standard InChI is InChI=1S/C15H19NO3.C2H6.CH4O/c1-11(18)9-15(19)13-4-2-3-12(5-6-13)10-14(16)7-8-17;2*1-2/h2,4-6,8,14H,3,7,9-10,16H2,1H3;1-2H3;2H,1H3. The Morgan fingerprint density at radius 2 is 1.91 bits per heavy atom. The van der Waals surface area contributed by atoms with Gasteiger partial charge in [-0.15, -0.1) is 0 Å². The first kappa shape index (κ1) is 23.4. The summed E-state index contributed by atoms with van der Waals surface area (Å²) in [5.41, 5.74) is 7.41. The maximum absolute atomic E-state index is 11.8. The normalized spacial score (nSPS) is 13.8. The van der Waals surface area contributed by atoms with Crippen LogP contribution >= 0.6 is 0 Å². The van der Waals surface area contributed by atoms with Gasteiger partial charge in [0.25, 0.3) is 0 Å². The van der Waals surface area contributed by atoms with E-state index in [1.807, 2.05) is 26.0 Å². The van der Waals surface area contributed by atoms with Crippen molar-refractivity contribution in [2.75, 3.05) is 7.11 Å². The molecule has 5 nitrogen and oxygen atoms in total. The van der Waals surface area contributed by atoms with Gasteiger partial charge in [-0.05, 0) is 19.8 Å². The van der Waals surface area contributed by atoms with Crippen LogP contribution in [-0.4, -0.2) is 36.1 Å². The third kappa shape index (κ3) is 11.4. The molecule has 0 radical (unpaired) electrons. The van der Waals surface area contributed by atoms with E-state index in [9.17, 15) is 14.4 Å². The first-order chi connectivity index (χ1) is 11.0. The second kappa shape index (κ2) is 15.1. The van der Waals surface area contributed by atoms with Crippen LogP contribution in [0.4, 0.5) is 0 Å². The number of hydrogen-bond acceptors (Lipinski definition) is 5. The van der Waals surface area contributed by atoms with Crippen LogP contribution in [0.2, 0.25) is 0 Å². The molecule has 0 aromatic carbocycles. The molecule has 0 amide bonds. The lowest BCUT2D eigenvalue weighted by atomic mass is 10.0. The van der Waals surface area contributed by atoms with Crippen LogP contribution in [0.1, 0.15) is 46.5 Å². The topological polar surface area (TPSA) is 97.5 Å². The van der Waals surface area contributed by atoms with Crippen LogP contribution in [-0.2, 0) is 14.4 Å². The van der Waals surface area contributed by atoms with E-state index < -0.39 is 0 Å². The number of ketones is 2. The van der Waals surface area contributed by atoms with Gasteiger partial charge in [0.05, 0.1) is 6.42 Å². The molecule has 1 rings (SSSR count). The molecule has 5 heteroatoms. The maximum Gasteiger partial charge on any atom is 0.170 e. The van der Waals surface area contributed by atoms with Crippen molar-refractivity contribution >= 4 is 17.9 Å². The zero-order valence-electron chi connectivity index (χ0n) is 14.5. The van der Waals surface area contributed by atoms with Gasteiger partial charge in [-0.25, -0.2) is 0 Å². The van der Waals surface area contributed by atoms with E-state index in [2.05, 4.69) is 0 Å². The van der Waals surface area contributed by atoms with Crippen molar-refractivity contribution in [2.45, 2.75) is 52.5 Å². The molecule has 0 heterocycles. The number of aliphatic hydroxyl groups excluding tert-OH is 1. The monoisotopic (exact) mass is 323 g/mol. The van der Waals surface area contributed by atoms with E-state index in [0.29, 0.717) is 24.8 Å². The largest absolute Gasteiger partial charge is 0.400 e. The first-order valence-electron chi connectivity index (χ1n) is 7.75. The highest BCUT2D eigenvalue weighted by Gasteiger charge is 2.11. The lowest BCUT2D eigenvalue weighted by Crippen LogP contribution is -2.20. The Labute approximate surface area is 138 Å². The van der Waals surface area contributed by atoms with Crippen molar-refractivity contribution in [3.63, 3.8) is 0 Å². The Hall–Kier alpha value is -1.85. The molecular formula is C18H29NO4. The minimum Gasteiger partial charge on any atom is -0.400 e. The van der Waals surface area contributed by atoms with E-state index >= 15 is 0 Å². The van der Waals surface area contributed by atoms with E-state index in [1.165, 1.54) is 6.92 Å². The average Bonchev–Trinajstić information content (AvgIpc) is 2.76. The van der Waals surface area contributed by atoms with Gasteiger partial charge < -0.3 is 15.6 Å². The summed E-state index contributed by atoms with van der Waals surface area (Å²) >= 11 is 0. The lowest BCUT2D eigenvalue weighted by Gasteiger charge is -2.09. The maximum atomic E-state index is 11.8. The molecule has 1 atom stereocenters. The van der Waals surface area contributed by atoms with Gasteiger partial charge in [-0.2, -0.15) is 0 Å². The number of allylic oxidation sites excluding steroid dienone is 5. The van der Waals surface area contributed by atoms with E-state index in [1.54, 1.807) is 12.2 Å². The summed E-state index contributed by atoms with van der Waals surface area (Å²) in [5.74, 6) is -0.306. The van der Waals surface area contributed by atoms with E-state index in [-0.39, 0.29) is 24.0 Å². The highest BCUT2D eigenvalue weighted by molar-refractivity contribution is 6.08. The third-order valence-corrected chi connectivity index (χ3v) is 2.83. The quantitative estimate of drug-likeness (QED) is 0.553. The average molecular weight is 323 g/mol. The van der Waals surface area contributed by atoms with E-state index in [4.69, 9.17) is 10.8 Å². The SMILES string of the molecule is CC.CC(=O)CC(=O)C1=CC=C(CC(N)CC=O)CC=C1.CO. The molecule has 23 heavy (non-hydrogen) atoms. The number of aliphatic hydroxyl groups is 1. The number of rotatable bonds is 7. The molecule has 0 aromatic rings. The predicted molar refractivity (Wildman–Crippen MR) is 93.0 cm³/mol. The van der Waals surface area contributed by atoms with Gasteiger partial charge >= 0.3 is 0 Å². The number of nitrogens with two attached hydrogens (primary N) is 1. The predicted octanol–water partition coefficient (Wildman–Crippen LogP) is 2.29. The Balaban J connectivity index is 0. The molecular weight excluding hydrogens is 294 g/mol. The summed E-state index contributed by atoms with van der Waals surface area (Å²) in [7, 11) is 1.00. The second-order valence-electron chi connectivity index (χ2n) is 4.72. The second-order valence-corrected chi connectivity index (χ2v) is 4.72. The Morgan fingerprint density at radius 3 is 2.43 bits per heavy atom. The fourth-order valence-electron chi connectivity index (χ4n) is 1.88. The van der Waals surface area contributed by atoms with Crippen molar-refractivity contribution in [3.8, 4) is 0 Å². The molecule has 0 saturated carbocycles. The Kier molecular flexibility index (Phi) is 15.3. The van der Waals surface area contributed by atoms with Crippen LogP contribution in [0, 0.1) is 0 Å². The zero-order valence-corrected chi connectivity index (χ0v) is 14.5. The summed E-state index contributed by atoms with van der Waals surface area (Å²) in [6, 6.07) is -0.181. The fourth-order valence-corrected chi connectivity index (χ4v) is 1.88. The third-order valence-electron chi connectivity index (χ3n) is 2.83. The summed E-state index contributed by atoms with van der Waals surface area (Å²) in [6.45, 7) is 5.40. The zero-order chi connectivity index (χ0) is 18.3. The molecule has 1 aliphatic carbocycles. The van der Waals surface area contributed by atoms with Crippen LogP contribution < -0.4 is 5.73 Å². The van der Waals surface area contributed by atoms with E-state index in [0.717, 1.165) is 19.0 Å². The summed E-state index contributed by atoms with van der Waals surface area (Å²) in [6.07, 6.45) is 9.63. The number of hydrogen-bond donors (Lipinski definition) is 2. The summed E-state index contributed by atoms with van der Waals surface area (Å²) in [5, 5.41) is 7.00. The smallest absolute Gasteiger partial charge is 0.170 e. The van der Waals surface area contributed by atoms with Crippen LogP contribution in [0.5, 0.6) is 0 Å². The molecule has 1 aliphatic rings. The first-order valence-corrected chi connectivity index (χ1v) is 7.75. The fraction of sp³-hybridized carbons (Fsp3) is 0.500. The summed E-state index contributed by atoms with van der Waals surface area (Å²) in [4.78, 5) is 33.0. The number of carbonyl (C=O) groups excluding carboxylic acids is 3. The number of aldehydes is 1. The minimum atomic E-state index is -0.181. The van der Waals surface area contributed by atoms with Crippen LogP contribution in [0.3, 0.4) is 0 Å². The number of carbonyl (C=O) groups is 3. The van der Waals surface area contributed by atoms with Gasteiger partial charge in [0, 0.05) is 25.1 Å². The van der Waals surface area contributed by atoms with Gasteiger partial charge in [0.1, 0.15) is 12.1 Å². The Bertz CT molecular complexity index is 462. The van der Waals surface area contributed by atoms with Crippen molar-refractivity contribution in [2.24, 2.45) is 5.73 Å². The number of Topliss-reactive ketones (excluding diaryl/α,β-unsaturated/α-hetero) is 2. The van der Waals surface area contributed by atoms with Crippen molar-refractivity contribution < 1.29 is 19.5 Å². The Morgan fingerprint density at radius 1 is 1.30 bits per heavy atom. The van der Waals surface area contributed by atoms with Gasteiger partial charge in [0.2, 0.25) is 0 Å². The summed E-state index contributed by atoms with van der Waals surface area (Å²) < 4.78 is 0. The highest BCUT2D eigenvalue weighted by atomic mass is 16.2. The molecule has 3 N–H and O–H groups in total. The van der Waals surface area contributed by atoms with Crippen LogP contribution in [0.15, 0.2) is 35.5 Å². The van der Waals surface area contributed by atoms with Crippen molar-refractivity contribution in [1.29, 1.82) is 0 Å². The highest BCUT2D eigenvalue weighted by Crippen LogP contribution is 2.17. The molecule has 1 unspecified atom stereocenters.